The molecule has 2 fully saturated rings. The molecule has 0 heterocycles. The number of hydrogen-bond acceptors (Lipinski definition) is 5. The summed E-state index contributed by atoms with van der Waals surface area (Å²) in [6.45, 7) is 8.84. The van der Waals surface area contributed by atoms with Gasteiger partial charge in [0.15, 0.2) is 0 Å². The molecule has 5 nitrogen and oxygen atoms in total. The van der Waals surface area contributed by atoms with Gasteiger partial charge in [-0.05, 0) is 112 Å². The molecule has 0 aromatic heterocycles. The molecule has 3 N–H and O–H groups in total. The minimum absolute atomic E-state index is 0.0116. The Kier molecular flexibility index (Phi) is 12.5. The van der Waals surface area contributed by atoms with Crippen molar-refractivity contribution in [1.29, 1.82) is 0 Å². The van der Waals surface area contributed by atoms with Gasteiger partial charge in [0.2, 0.25) is 0 Å². The van der Waals surface area contributed by atoms with E-state index in [-0.39, 0.29) is 48.5 Å². The minimum atomic E-state index is -0.983. The van der Waals surface area contributed by atoms with Crippen molar-refractivity contribution in [2.45, 2.75) is 129 Å². The van der Waals surface area contributed by atoms with Crippen molar-refractivity contribution in [3.8, 4) is 0 Å². The minimum Gasteiger partial charge on any atom is -0.466 e. The lowest BCUT2D eigenvalue weighted by Gasteiger charge is -2.60. The first kappa shape index (κ1) is 32.3. The molecular formula is C33H55FO5. The highest BCUT2D eigenvalue weighted by molar-refractivity contribution is 5.69. The van der Waals surface area contributed by atoms with Crippen LogP contribution in [-0.2, 0) is 9.53 Å². The molecule has 8 atom stereocenters. The molecule has 39 heavy (non-hydrogen) atoms. The number of rotatable bonds is 10. The van der Waals surface area contributed by atoms with Crippen molar-refractivity contribution < 1.29 is 29.2 Å². The summed E-state index contributed by atoms with van der Waals surface area (Å²) < 4.78 is 19.1. The van der Waals surface area contributed by atoms with Gasteiger partial charge in [0.25, 0.3) is 0 Å². The van der Waals surface area contributed by atoms with Gasteiger partial charge in [-0.3, -0.25) is 4.79 Å². The molecule has 0 saturated heterocycles. The highest BCUT2D eigenvalue weighted by atomic mass is 19.1. The maximum atomic E-state index is 14.2. The molecule has 224 valence electrons. The molecule has 3 rings (SSSR count). The molecular weight excluding hydrogens is 495 g/mol. The Bertz CT molecular complexity index is 804. The number of carbonyl (C=O) groups excluding carboxylic acids is 1. The summed E-state index contributed by atoms with van der Waals surface area (Å²) in [4.78, 5) is 11.8. The Labute approximate surface area is 236 Å². The van der Waals surface area contributed by atoms with E-state index in [1.807, 2.05) is 0 Å². The average Bonchev–Trinajstić information content (AvgIpc) is 2.85. The molecule has 0 spiro atoms. The molecule has 2 saturated carbocycles. The Balaban J connectivity index is 1.96. The Hall–Kier alpha value is -1.24. The Morgan fingerprint density at radius 3 is 2.46 bits per heavy atom. The predicted molar refractivity (Wildman–Crippen MR) is 154 cm³/mol. The van der Waals surface area contributed by atoms with Crippen LogP contribution in [0.5, 0.6) is 0 Å². The predicted octanol–water partition coefficient (Wildman–Crippen LogP) is 6.55. The summed E-state index contributed by atoms with van der Waals surface area (Å²) in [5.74, 6) is 0.879. The third-order valence-corrected chi connectivity index (χ3v) is 10.3. The van der Waals surface area contributed by atoms with Gasteiger partial charge in [-0.1, -0.05) is 45.1 Å². The SMILES string of the molecule is CCOC(=O)CC(O)CC(O)/C=C/C1C(C2CCC(F)CC2)C(O)C(C)CC1(C(C)C)C1CCC=CCCC1. The summed E-state index contributed by atoms with van der Waals surface area (Å²) >= 11 is 0. The number of aliphatic hydroxyl groups excluding tert-OH is 3. The number of halogens is 1. The maximum absolute atomic E-state index is 14.2. The van der Waals surface area contributed by atoms with E-state index in [0.717, 1.165) is 51.4 Å². The second-order valence-corrected chi connectivity index (χ2v) is 13.1. The quantitative estimate of drug-likeness (QED) is 0.212. The molecule has 8 unspecified atom stereocenters. The normalized spacial score (nSPS) is 37.8. The fraction of sp³-hybridized carbons (Fsp3) is 0.848. The van der Waals surface area contributed by atoms with Crippen LogP contribution in [-0.4, -0.2) is 52.4 Å². The topological polar surface area (TPSA) is 87.0 Å². The van der Waals surface area contributed by atoms with Crippen LogP contribution in [0.1, 0.15) is 105 Å². The standard InChI is InChI=1S/C33H55FO5/c1-5-39-30(37)20-28(36)19-27(35)17-18-29-31(24-13-15-26(34)16-14-24)32(38)23(4)21-33(29,22(2)3)25-11-9-7-6-8-10-12-25/h6-7,17-18,22-29,31-32,35-36,38H,5,8-16,19-21H2,1-4H3/b7-6?,18-17+. The second kappa shape index (κ2) is 15.1. The van der Waals surface area contributed by atoms with Gasteiger partial charge in [0, 0.05) is 6.42 Å². The average molecular weight is 551 g/mol. The number of ether oxygens (including phenoxy) is 1. The zero-order chi connectivity index (χ0) is 28.6. The number of carbonyl (C=O) groups is 1. The van der Waals surface area contributed by atoms with Crippen molar-refractivity contribution >= 4 is 5.97 Å². The zero-order valence-electron chi connectivity index (χ0n) is 24.8. The molecule has 0 aliphatic heterocycles. The Morgan fingerprint density at radius 1 is 1.10 bits per heavy atom. The van der Waals surface area contributed by atoms with Crippen LogP contribution in [0.2, 0.25) is 0 Å². The Morgan fingerprint density at radius 2 is 1.79 bits per heavy atom. The van der Waals surface area contributed by atoms with E-state index in [4.69, 9.17) is 4.74 Å². The molecule has 3 aliphatic carbocycles. The molecule has 0 bridgehead atoms. The highest BCUT2D eigenvalue weighted by Crippen LogP contribution is 2.61. The lowest BCUT2D eigenvalue weighted by atomic mass is 9.46. The molecule has 0 radical (unpaired) electrons. The molecule has 0 aromatic rings. The monoisotopic (exact) mass is 550 g/mol. The zero-order valence-corrected chi connectivity index (χ0v) is 24.8. The third kappa shape index (κ3) is 8.16. The van der Waals surface area contributed by atoms with Gasteiger partial charge in [0.1, 0.15) is 6.17 Å². The van der Waals surface area contributed by atoms with Crippen molar-refractivity contribution in [2.75, 3.05) is 6.61 Å². The fourth-order valence-electron chi connectivity index (χ4n) is 8.44. The number of hydrogen-bond donors (Lipinski definition) is 3. The van der Waals surface area contributed by atoms with Crippen molar-refractivity contribution in [3.05, 3.63) is 24.3 Å². The van der Waals surface area contributed by atoms with E-state index < -0.39 is 30.5 Å². The van der Waals surface area contributed by atoms with Gasteiger partial charge >= 0.3 is 5.97 Å². The number of aliphatic hydroxyl groups is 3. The summed E-state index contributed by atoms with van der Waals surface area (Å²) in [5, 5.41) is 33.0. The van der Waals surface area contributed by atoms with Gasteiger partial charge < -0.3 is 20.1 Å². The van der Waals surface area contributed by atoms with Crippen LogP contribution in [0.3, 0.4) is 0 Å². The molecule has 0 amide bonds. The summed E-state index contributed by atoms with van der Waals surface area (Å²) in [6.07, 6.45) is 14.6. The van der Waals surface area contributed by atoms with E-state index in [9.17, 15) is 24.5 Å². The van der Waals surface area contributed by atoms with Gasteiger partial charge in [0.05, 0.1) is 31.3 Å². The number of allylic oxidation sites excluding steroid dienone is 3. The van der Waals surface area contributed by atoms with Crippen LogP contribution in [0, 0.1) is 40.9 Å². The van der Waals surface area contributed by atoms with Crippen LogP contribution >= 0.6 is 0 Å². The smallest absolute Gasteiger partial charge is 0.308 e. The first-order valence-electron chi connectivity index (χ1n) is 15.8. The lowest BCUT2D eigenvalue weighted by Crippen LogP contribution is -2.56. The highest BCUT2D eigenvalue weighted by Gasteiger charge is 2.56. The van der Waals surface area contributed by atoms with E-state index in [0.29, 0.717) is 24.7 Å². The van der Waals surface area contributed by atoms with Gasteiger partial charge in [-0.2, -0.15) is 0 Å². The van der Waals surface area contributed by atoms with E-state index in [1.54, 1.807) is 13.0 Å². The van der Waals surface area contributed by atoms with Crippen LogP contribution < -0.4 is 0 Å². The first-order chi connectivity index (χ1) is 18.6. The largest absolute Gasteiger partial charge is 0.466 e. The van der Waals surface area contributed by atoms with Gasteiger partial charge in [-0.15, -0.1) is 0 Å². The third-order valence-electron chi connectivity index (χ3n) is 10.3. The summed E-state index contributed by atoms with van der Waals surface area (Å²) in [6, 6.07) is 0. The van der Waals surface area contributed by atoms with E-state index in [1.165, 1.54) is 0 Å². The van der Waals surface area contributed by atoms with Crippen molar-refractivity contribution in [1.82, 2.24) is 0 Å². The fourth-order valence-corrected chi connectivity index (χ4v) is 8.44. The number of alkyl halides is 1. The summed E-state index contributed by atoms with van der Waals surface area (Å²) in [5.41, 5.74) is -0.0408. The van der Waals surface area contributed by atoms with Crippen molar-refractivity contribution in [2.24, 2.45) is 40.9 Å². The van der Waals surface area contributed by atoms with Crippen LogP contribution in [0.25, 0.3) is 0 Å². The molecule has 6 heteroatoms. The first-order valence-corrected chi connectivity index (χ1v) is 15.8. The van der Waals surface area contributed by atoms with Crippen LogP contribution in [0.15, 0.2) is 24.3 Å². The lowest BCUT2D eigenvalue weighted by molar-refractivity contribution is -0.145. The van der Waals surface area contributed by atoms with Gasteiger partial charge in [-0.25, -0.2) is 4.39 Å². The molecule has 3 aliphatic rings. The summed E-state index contributed by atoms with van der Waals surface area (Å²) in [7, 11) is 0. The molecule has 0 aromatic carbocycles. The number of esters is 1. The maximum Gasteiger partial charge on any atom is 0.308 e. The van der Waals surface area contributed by atoms with E-state index in [2.05, 4.69) is 39.0 Å². The van der Waals surface area contributed by atoms with E-state index >= 15 is 0 Å². The second-order valence-electron chi connectivity index (χ2n) is 13.1. The van der Waals surface area contributed by atoms with Crippen LogP contribution in [0.4, 0.5) is 4.39 Å². The van der Waals surface area contributed by atoms with Crippen molar-refractivity contribution in [3.63, 3.8) is 0 Å².